The van der Waals surface area contributed by atoms with Crippen LogP contribution in [0.4, 0.5) is 18.9 Å². The van der Waals surface area contributed by atoms with Crippen molar-refractivity contribution in [2.24, 2.45) is 0 Å². The second-order valence-electron chi connectivity index (χ2n) is 8.05. The smallest absolute Gasteiger partial charge is 0.416 e. The number of anilines is 1. The Morgan fingerprint density at radius 1 is 1.16 bits per heavy atom. The lowest BCUT2D eigenvalue weighted by Gasteiger charge is -2.07. The lowest BCUT2D eigenvalue weighted by molar-refractivity contribution is -0.137. The molecule has 2 aromatic carbocycles. The molecule has 8 nitrogen and oxygen atoms in total. The average Bonchev–Trinajstić information content (AvgIpc) is 3.50. The molecule has 0 aliphatic carbocycles. The SMILES string of the molecule is C=CC(=O)Nc1cccc(Oc2cnc3[nH]cc(-c4cnn(Cc5ccc(C(F)(F)F)cc5)c4)c3n2)c1. The fourth-order valence-corrected chi connectivity index (χ4v) is 3.67. The minimum absolute atomic E-state index is 0.248. The number of amides is 1. The van der Waals surface area contributed by atoms with Crippen molar-refractivity contribution in [1.29, 1.82) is 0 Å². The van der Waals surface area contributed by atoms with E-state index in [4.69, 9.17) is 4.74 Å². The van der Waals surface area contributed by atoms with Crippen molar-refractivity contribution >= 4 is 22.8 Å². The van der Waals surface area contributed by atoms with Gasteiger partial charge in [0, 0.05) is 35.3 Å². The number of halogens is 3. The van der Waals surface area contributed by atoms with E-state index in [2.05, 4.69) is 31.9 Å². The number of alkyl halides is 3. The fraction of sp³-hybridized carbons (Fsp3) is 0.0769. The molecule has 0 unspecified atom stereocenters. The molecular formula is C26H19F3N6O2. The van der Waals surface area contributed by atoms with Gasteiger partial charge in [-0.25, -0.2) is 9.97 Å². The zero-order valence-corrected chi connectivity index (χ0v) is 19.2. The molecule has 3 heterocycles. The Morgan fingerprint density at radius 3 is 2.73 bits per heavy atom. The number of hydrogen-bond donors (Lipinski definition) is 2. The van der Waals surface area contributed by atoms with Crippen molar-refractivity contribution in [1.82, 2.24) is 24.7 Å². The van der Waals surface area contributed by atoms with Crippen molar-refractivity contribution in [2.75, 3.05) is 5.32 Å². The van der Waals surface area contributed by atoms with E-state index >= 15 is 0 Å². The van der Waals surface area contributed by atoms with E-state index < -0.39 is 11.7 Å². The summed E-state index contributed by atoms with van der Waals surface area (Å²) >= 11 is 0. The molecular weight excluding hydrogens is 485 g/mol. The second-order valence-corrected chi connectivity index (χ2v) is 8.05. The number of aromatic nitrogens is 5. The zero-order valence-electron chi connectivity index (χ0n) is 19.2. The van der Waals surface area contributed by atoms with Crippen LogP contribution in [-0.4, -0.2) is 30.6 Å². The van der Waals surface area contributed by atoms with Crippen LogP contribution in [-0.2, 0) is 17.5 Å². The highest BCUT2D eigenvalue weighted by atomic mass is 19.4. The van der Waals surface area contributed by atoms with Crippen LogP contribution >= 0.6 is 0 Å². The normalized spacial score (nSPS) is 11.4. The Balaban J connectivity index is 1.35. The van der Waals surface area contributed by atoms with Crippen LogP contribution < -0.4 is 10.1 Å². The van der Waals surface area contributed by atoms with E-state index in [-0.39, 0.29) is 11.8 Å². The van der Waals surface area contributed by atoms with Gasteiger partial charge >= 0.3 is 6.18 Å². The number of aromatic amines is 1. The number of benzene rings is 2. The first-order chi connectivity index (χ1) is 17.8. The number of H-pyrrole nitrogens is 1. The molecule has 1 amide bonds. The number of carbonyl (C=O) groups excluding carboxylic acids is 1. The standard InChI is InChI=1S/C26H19F3N6O2/c1-2-22(36)33-19-4-3-5-20(10-19)37-23-13-31-25-24(34-23)21(12-30-25)17-11-32-35(15-17)14-16-6-8-18(9-7-16)26(27,28)29/h2-13,15H,1,14H2,(H,30,31)(H,33,36). The predicted octanol–water partition coefficient (Wildman–Crippen LogP) is 5.81. The maximum absolute atomic E-state index is 12.8. The van der Waals surface area contributed by atoms with Gasteiger partial charge in [0.1, 0.15) is 11.3 Å². The van der Waals surface area contributed by atoms with Gasteiger partial charge in [0.05, 0.1) is 24.5 Å². The third kappa shape index (κ3) is 5.35. The second kappa shape index (κ2) is 9.61. The summed E-state index contributed by atoms with van der Waals surface area (Å²) in [5.74, 6) is 0.365. The van der Waals surface area contributed by atoms with Crippen LogP contribution in [0, 0.1) is 0 Å². The highest BCUT2D eigenvalue weighted by Crippen LogP contribution is 2.31. The maximum atomic E-state index is 12.8. The molecule has 5 rings (SSSR count). The summed E-state index contributed by atoms with van der Waals surface area (Å²) in [6.45, 7) is 3.73. The average molecular weight is 504 g/mol. The molecule has 5 aromatic rings. The topological polar surface area (TPSA) is 97.7 Å². The van der Waals surface area contributed by atoms with Gasteiger partial charge in [-0.2, -0.15) is 18.3 Å². The molecule has 0 aliphatic heterocycles. The third-order valence-corrected chi connectivity index (χ3v) is 5.44. The van der Waals surface area contributed by atoms with Crippen LogP contribution in [0.25, 0.3) is 22.3 Å². The monoisotopic (exact) mass is 504 g/mol. The molecule has 0 aliphatic rings. The molecule has 0 bridgehead atoms. The van der Waals surface area contributed by atoms with Crippen molar-refractivity contribution in [3.05, 3.63) is 97.1 Å². The molecule has 186 valence electrons. The molecule has 3 aromatic heterocycles. The number of fused-ring (bicyclic) bond motifs is 1. The maximum Gasteiger partial charge on any atom is 0.416 e. The molecule has 0 saturated heterocycles. The van der Waals surface area contributed by atoms with Crippen LogP contribution in [0.1, 0.15) is 11.1 Å². The van der Waals surface area contributed by atoms with Crippen molar-refractivity contribution in [3.63, 3.8) is 0 Å². The number of carbonyl (C=O) groups is 1. The summed E-state index contributed by atoms with van der Waals surface area (Å²) < 4.78 is 45.9. The molecule has 0 radical (unpaired) electrons. The number of nitrogens with one attached hydrogen (secondary N) is 2. The van der Waals surface area contributed by atoms with Crippen molar-refractivity contribution < 1.29 is 22.7 Å². The van der Waals surface area contributed by atoms with Gasteiger partial charge in [-0.05, 0) is 35.9 Å². The third-order valence-electron chi connectivity index (χ3n) is 5.44. The minimum atomic E-state index is -4.37. The molecule has 0 spiro atoms. The molecule has 0 atom stereocenters. The van der Waals surface area contributed by atoms with E-state index in [0.29, 0.717) is 34.7 Å². The number of hydrogen-bond acceptors (Lipinski definition) is 5. The number of rotatable bonds is 7. The minimum Gasteiger partial charge on any atom is -0.437 e. The summed E-state index contributed by atoms with van der Waals surface area (Å²) in [5, 5.41) is 7.00. The van der Waals surface area contributed by atoms with Crippen LogP contribution in [0.15, 0.2) is 86.0 Å². The Morgan fingerprint density at radius 2 is 1.97 bits per heavy atom. The lowest BCUT2D eigenvalue weighted by Crippen LogP contribution is -2.07. The summed E-state index contributed by atoms with van der Waals surface area (Å²) in [4.78, 5) is 23.6. The molecule has 37 heavy (non-hydrogen) atoms. The van der Waals surface area contributed by atoms with E-state index in [9.17, 15) is 18.0 Å². The van der Waals surface area contributed by atoms with E-state index in [1.165, 1.54) is 24.4 Å². The highest BCUT2D eigenvalue weighted by Gasteiger charge is 2.29. The van der Waals surface area contributed by atoms with E-state index in [1.54, 1.807) is 47.5 Å². The quantitative estimate of drug-likeness (QED) is 0.273. The Hall–Kier alpha value is -4.93. The van der Waals surface area contributed by atoms with Crippen molar-refractivity contribution in [2.45, 2.75) is 12.7 Å². The molecule has 0 saturated carbocycles. The van der Waals surface area contributed by atoms with Gasteiger partial charge in [0.15, 0.2) is 5.65 Å². The van der Waals surface area contributed by atoms with Crippen LogP contribution in [0.2, 0.25) is 0 Å². The Labute approximate surface area is 208 Å². The van der Waals surface area contributed by atoms with E-state index in [0.717, 1.165) is 23.3 Å². The lowest BCUT2D eigenvalue weighted by atomic mass is 10.1. The highest BCUT2D eigenvalue weighted by molar-refractivity contribution is 5.99. The van der Waals surface area contributed by atoms with Gasteiger partial charge in [-0.1, -0.05) is 24.8 Å². The molecule has 11 heteroatoms. The summed E-state index contributed by atoms with van der Waals surface area (Å²) in [6.07, 6.45) is 3.45. The van der Waals surface area contributed by atoms with Gasteiger partial charge in [-0.15, -0.1) is 0 Å². The largest absolute Gasteiger partial charge is 0.437 e. The molecule has 2 N–H and O–H groups in total. The first kappa shape index (κ1) is 23.8. The number of nitrogens with zero attached hydrogens (tertiary/aromatic N) is 4. The predicted molar refractivity (Wildman–Crippen MR) is 131 cm³/mol. The van der Waals surface area contributed by atoms with Gasteiger partial charge in [0.25, 0.3) is 0 Å². The van der Waals surface area contributed by atoms with Crippen molar-refractivity contribution in [3.8, 4) is 22.8 Å². The first-order valence-corrected chi connectivity index (χ1v) is 11.0. The van der Waals surface area contributed by atoms with Gasteiger partial charge in [-0.3, -0.25) is 9.48 Å². The fourth-order valence-electron chi connectivity index (χ4n) is 3.67. The van der Waals surface area contributed by atoms with Crippen LogP contribution in [0.5, 0.6) is 11.6 Å². The Kier molecular flexibility index (Phi) is 6.18. The summed E-state index contributed by atoms with van der Waals surface area (Å²) in [7, 11) is 0. The zero-order chi connectivity index (χ0) is 26.0. The molecule has 0 fully saturated rings. The van der Waals surface area contributed by atoms with E-state index in [1.807, 2.05) is 0 Å². The first-order valence-electron chi connectivity index (χ1n) is 11.0. The van der Waals surface area contributed by atoms with Crippen LogP contribution in [0.3, 0.4) is 0 Å². The summed E-state index contributed by atoms with van der Waals surface area (Å²) in [6, 6.07) is 11.8. The van der Waals surface area contributed by atoms with Gasteiger partial charge < -0.3 is 15.0 Å². The summed E-state index contributed by atoms with van der Waals surface area (Å²) in [5.41, 5.74) is 3.12. The van der Waals surface area contributed by atoms with Gasteiger partial charge in [0.2, 0.25) is 11.8 Å². The number of ether oxygens (including phenoxy) is 1. The Bertz CT molecular complexity index is 1590.